The maximum Gasteiger partial charge on any atom is 0.261 e. The van der Waals surface area contributed by atoms with Gasteiger partial charge in [0, 0.05) is 18.8 Å². The van der Waals surface area contributed by atoms with E-state index in [0.29, 0.717) is 16.9 Å². The van der Waals surface area contributed by atoms with E-state index in [9.17, 15) is 13.2 Å². The molecule has 1 fully saturated rings. The van der Waals surface area contributed by atoms with Crippen molar-refractivity contribution in [3.8, 4) is 0 Å². The number of nitrogens with one attached hydrogen (secondary N) is 2. The summed E-state index contributed by atoms with van der Waals surface area (Å²) in [5.74, 6) is 0.753. The van der Waals surface area contributed by atoms with Crippen LogP contribution in [0.3, 0.4) is 0 Å². The summed E-state index contributed by atoms with van der Waals surface area (Å²) in [5, 5.41) is 2.70. The van der Waals surface area contributed by atoms with Crippen molar-refractivity contribution < 1.29 is 13.2 Å². The molecule has 0 radical (unpaired) electrons. The highest BCUT2D eigenvalue weighted by Crippen LogP contribution is 2.27. The first kappa shape index (κ1) is 17.8. The average molecular weight is 386 g/mol. The Morgan fingerprint density at radius 1 is 1.04 bits per heavy atom. The maximum atomic E-state index is 12.7. The van der Waals surface area contributed by atoms with Gasteiger partial charge in [-0.1, -0.05) is 12.8 Å². The zero-order chi connectivity index (χ0) is 18.9. The summed E-state index contributed by atoms with van der Waals surface area (Å²) in [6, 6.07) is 8.24. The summed E-state index contributed by atoms with van der Waals surface area (Å²) in [5.41, 5.74) is 1.78. The predicted octanol–water partition coefficient (Wildman–Crippen LogP) is 2.76. The number of benzene rings is 1. The van der Waals surface area contributed by atoms with Gasteiger partial charge in [-0.3, -0.25) is 9.52 Å². The Morgan fingerprint density at radius 3 is 2.52 bits per heavy atom. The summed E-state index contributed by atoms with van der Waals surface area (Å²) in [7, 11) is -3.74. The van der Waals surface area contributed by atoms with Crippen LogP contribution in [0.5, 0.6) is 0 Å². The Hall–Kier alpha value is -2.61. The van der Waals surface area contributed by atoms with Crippen LogP contribution in [0.2, 0.25) is 0 Å². The van der Waals surface area contributed by atoms with Gasteiger partial charge in [-0.05, 0) is 48.7 Å². The third-order valence-electron chi connectivity index (χ3n) is 4.94. The van der Waals surface area contributed by atoms with Gasteiger partial charge in [0.05, 0.1) is 23.2 Å². The normalized spacial score (nSPS) is 17.2. The van der Waals surface area contributed by atoms with Crippen LogP contribution in [0, 0.1) is 0 Å². The number of aromatic nitrogens is 1. The van der Waals surface area contributed by atoms with Gasteiger partial charge >= 0.3 is 0 Å². The summed E-state index contributed by atoms with van der Waals surface area (Å²) >= 11 is 0. The number of fused-ring (bicyclic) bond motifs is 1. The lowest BCUT2D eigenvalue weighted by molar-refractivity contribution is -0.115. The zero-order valence-corrected chi connectivity index (χ0v) is 15.8. The number of amides is 1. The van der Waals surface area contributed by atoms with E-state index < -0.39 is 10.0 Å². The second kappa shape index (κ2) is 7.19. The number of nitrogens with zero attached hydrogens (tertiary/aromatic N) is 2. The van der Waals surface area contributed by atoms with Gasteiger partial charge in [0.2, 0.25) is 5.91 Å². The van der Waals surface area contributed by atoms with E-state index in [1.165, 1.54) is 25.0 Å². The third kappa shape index (κ3) is 3.90. The van der Waals surface area contributed by atoms with Crippen molar-refractivity contribution in [2.45, 2.75) is 37.0 Å². The van der Waals surface area contributed by atoms with Gasteiger partial charge in [0.15, 0.2) is 0 Å². The van der Waals surface area contributed by atoms with Crippen molar-refractivity contribution >= 4 is 33.1 Å². The highest BCUT2D eigenvalue weighted by molar-refractivity contribution is 7.92. The maximum absolute atomic E-state index is 12.7. The number of carbonyl (C=O) groups is 1. The van der Waals surface area contributed by atoms with Crippen molar-refractivity contribution in [3.63, 3.8) is 0 Å². The molecule has 2 aliphatic rings. The topological polar surface area (TPSA) is 91.4 Å². The number of hydrogen-bond acceptors (Lipinski definition) is 5. The fourth-order valence-electron chi connectivity index (χ4n) is 3.52. The molecule has 27 heavy (non-hydrogen) atoms. The van der Waals surface area contributed by atoms with Crippen LogP contribution in [0.1, 0.15) is 31.2 Å². The van der Waals surface area contributed by atoms with Crippen LogP contribution in [-0.2, 0) is 21.2 Å². The number of carbonyl (C=O) groups excluding carboxylic acids is 1. The predicted molar refractivity (Wildman–Crippen MR) is 105 cm³/mol. The van der Waals surface area contributed by atoms with Crippen molar-refractivity contribution in [3.05, 3.63) is 42.1 Å². The first-order valence-corrected chi connectivity index (χ1v) is 10.7. The Morgan fingerprint density at radius 2 is 1.81 bits per heavy atom. The zero-order valence-electron chi connectivity index (χ0n) is 14.9. The summed E-state index contributed by atoms with van der Waals surface area (Å²) in [4.78, 5) is 18.3. The standard InChI is InChI=1S/C19H22N4O3S/c24-19-12-14-11-16(6-7-17(14)21-19)27(25,26)22-15-5-8-18(20-13-15)23-9-3-1-2-4-10-23/h5-8,11,13,22H,1-4,9-10,12H2,(H,21,24). The molecular weight excluding hydrogens is 364 g/mol. The SMILES string of the molecule is O=C1Cc2cc(S(=O)(=O)Nc3ccc(N4CCCCCC4)nc3)ccc2N1. The van der Waals surface area contributed by atoms with Crippen LogP contribution < -0.4 is 14.9 Å². The molecule has 4 rings (SSSR count). The minimum Gasteiger partial charge on any atom is -0.357 e. The summed E-state index contributed by atoms with van der Waals surface area (Å²) in [6.07, 6.45) is 6.56. The monoisotopic (exact) mass is 386 g/mol. The van der Waals surface area contributed by atoms with Crippen molar-refractivity contribution in [1.29, 1.82) is 0 Å². The average Bonchev–Trinajstić information content (AvgIpc) is 2.83. The lowest BCUT2D eigenvalue weighted by atomic mass is 10.2. The van der Waals surface area contributed by atoms with Crippen molar-refractivity contribution in [2.24, 2.45) is 0 Å². The molecule has 1 aromatic heterocycles. The molecule has 3 heterocycles. The molecule has 2 N–H and O–H groups in total. The van der Waals surface area contributed by atoms with Gasteiger partial charge < -0.3 is 10.2 Å². The fraction of sp³-hybridized carbons (Fsp3) is 0.368. The van der Waals surface area contributed by atoms with E-state index in [4.69, 9.17) is 0 Å². The summed E-state index contributed by atoms with van der Waals surface area (Å²) in [6.45, 7) is 1.97. The number of hydrogen-bond donors (Lipinski definition) is 2. The smallest absolute Gasteiger partial charge is 0.261 e. The highest BCUT2D eigenvalue weighted by atomic mass is 32.2. The first-order valence-electron chi connectivity index (χ1n) is 9.18. The molecule has 0 aliphatic carbocycles. The molecule has 0 bridgehead atoms. The van der Waals surface area contributed by atoms with Gasteiger partial charge in [-0.15, -0.1) is 0 Å². The Kier molecular flexibility index (Phi) is 4.73. The molecule has 8 heteroatoms. The van der Waals surface area contributed by atoms with E-state index in [2.05, 4.69) is 19.9 Å². The number of anilines is 3. The molecule has 0 spiro atoms. The van der Waals surface area contributed by atoms with E-state index in [1.54, 1.807) is 18.3 Å². The van der Waals surface area contributed by atoms with Crippen LogP contribution in [0.15, 0.2) is 41.4 Å². The van der Waals surface area contributed by atoms with Crippen LogP contribution in [0.4, 0.5) is 17.2 Å². The van der Waals surface area contributed by atoms with E-state index in [-0.39, 0.29) is 17.2 Å². The lowest BCUT2D eigenvalue weighted by Crippen LogP contribution is -2.24. The lowest BCUT2D eigenvalue weighted by Gasteiger charge is -2.21. The van der Waals surface area contributed by atoms with Gasteiger partial charge in [-0.2, -0.15) is 0 Å². The number of pyridine rings is 1. The molecule has 7 nitrogen and oxygen atoms in total. The van der Waals surface area contributed by atoms with E-state index >= 15 is 0 Å². The minimum absolute atomic E-state index is 0.124. The van der Waals surface area contributed by atoms with Crippen LogP contribution in [-0.4, -0.2) is 32.4 Å². The fourth-order valence-corrected chi connectivity index (χ4v) is 4.61. The van der Waals surface area contributed by atoms with Crippen molar-refractivity contribution in [2.75, 3.05) is 28.0 Å². The quantitative estimate of drug-likeness (QED) is 0.843. The molecule has 0 saturated carbocycles. The molecule has 2 aromatic rings. The van der Waals surface area contributed by atoms with Gasteiger partial charge in [0.25, 0.3) is 10.0 Å². The molecule has 2 aliphatic heterocycles. The second-order valence-corrected chi connectivity index (χ2v) is 8.64. The largest absolute Gasteiger partial charge is 0.357 e. The van der Waals surface area contributed by atoms with Crippen molar-refractivity contribution in [1.82, 2.24) is 4.98 Å². The second-order valence-electron chi connectivity index (χ2n) is 6.96. The van der Waals surface area contributed by atoms with Gasteiger partial charge in [-0.25, -0.2) is 13.4 Å². The molecule has 1 aromatic carbocycles. The first-order chi connectivity index (χ1) is 13.0. The molecule has 142 valence electrons. The number of sulfonamides is 1. The van der Waals surface area contributed by atoms with E-state index in [1.807, 2.05) is 6.07 Å². The van der Waals surface area contributed by atoms with Gasteiger partial charge in [0.1, 0.15) is 5.82 Å². The molecule has 1 saturated heterocycles. The molecular formula is C19H22N4O3S. The van der Waals surface area contributed by atoms with Crippen LogP contribution in [0.25, 0.3) is 0 Å². The Bertz CT molecular complexity index is 949. The Labute approximate surface area is 158 Å². The minimum atomic E-state index is -3.74. The molecule has 0 atom stereocenters. The van der Waals surface area contributed by atoms with E-state index in [0.717, 1.165) is 31.7 Å². The van der Waals surface area contributed by atoms with Crippen LogP contribution >= 0.6 is 0 Å². The Balaban J connectivity index is 1.49. The molecule has 1 amide bonds. The third-order valence-corrected chi connectivity index (χ3v) is 6.32. The number of rotatable bonds is 4. The molecule has 0 unspecified atom stereocenters. The summed E-state index contributed by atoms with van der Waals surface area (Å²) < 4.78 is 27.9. The highest BCUT2D eigenvalue weighted by Gasteiger charge is 2.22.